The molecular formula is C17H20N3O2+. The van der Waals surface area contributed by atoms with E-state index in [0.717, 1.165) is 47.6 Å². The Bertz CT molecular complexity index is 872. The Balaban J connectivity index is 1.89. The number of aromatic nitrogens is 3. The van der Waals surface area contributed by atoms with Gasteiger partial charge in [-0.05, 0) is 31.7 Å². The zero-order valence-corrected chi connectivity index (χ0v) is 12.6. The SMILES string of the molecule is COC1CCC(n2ccc(=O)c3c[nH+]c4[nH]ccc4c32)CC1. The normalized spacial score (nSPS) is 22.4. The van der Waals surface area contributed by atoms with Crippen LogP contribution in [0.5, 0.6) is 0 Å². The van der Waals surface area contributed by atoms with Crippen LogP contribution in [0, 0.1) is 0 Å². The third-order valence-corrected chi connectivity index (χ3v) is 4.90. The van der Waals surface area contributed by atoms with E-state index in [2.05, 4.69) is 14.5 Å². The van der Waals surface area contributed by atoms with Gasteiger partial charge in [0.25, 0.3) is 5.65 Å². The molecule has 2 N–H and O–H groups in total. The molecule has 0 aromatic carbocycles. The second kappa shape index (κ2) is 5.25. The minimum atomic E-state index is 0.0659. The van der Waals surface area contributed by atoms with Crippen LogP contribution in [0.3, 0.4) is 0 Å². The molecule has 0 saturated heterocycles. The van der Waals surface area contributed by atoms with Gasteiger partial charge in [-0.2, -0.15) is 0 Å². The summed E-state index contributed by atoms with van der Waals surface area (Å²) in [6.07, 6.45) is 10.4. The van der Waals surface area contributed by atoms with Crippen molar-refractivity contribution in [2.75, 3.05) is 7.11 Å². The van der Waals surface area contributed by atoms with E-state index in [4.69, 9.17) is 4.74 Å². The third-order valence-electron chi connectivity index (χ3n) is 4.90. The number of hydrogen-bond acceptors (Lipinski definition) is 2. The molecule has 0 bridgehead atoms. The van der Waals surface area contributed by atoms with Crippen LogP contribution in [-0.2, 0) is 4.74 Å². The second-order valence-electron chi connectivity index (χ2n) is 6.07. The Morgan fingerprint density at radius 2 is 2.05 bits per heavy atom. The zero-order chi connectivity index (χ0) is 15.1. The van der Waals surface area contributed by atoms with Crippen LogP contribution in [0.15, 0.2) is 35.5 Å². The molecule has 5 heteroatoms. The molecule has 1 fully saturated rings. The van der Waals surface area contributed by atoms with Gasteiger partial charge in [0.05, 0.1) is 28.6 Å². The molecule has 0 radical (unpaired) electrons. The number of pyridine rings is 2. The summed E-state index contributed by atoms with van der Waals surface area (Å²) in [4.78, 5) is 18.6. The summed E-state index contributed by atoms with van der Waals surface area (Å²) >= 11 is 0. The Kier molecular flexibility index (Phi) is 3.22. The number of ether oxygens (including phenoxy) is 1. The van der Waals surface area contributed by atoms with Gasteiger partial charge >= 0.3 is 0 Å². The highest BCUT2D eigenvalue weighted by atomic mass is 16.5. The molecule has 3 aromatic rings. The van der Waals surface area contributed by atoms with Crippen molar-refractivity contribution < 1.29 is 9.72 Å². The van der Waals surface area contributed by atoms with Crippen molar-refractivity contribution in [1.82, 2.24) is 9.55 Å². The molecule has 0 aliphatic heterocycles. The molecule has 4 rings (SSSR count). The fraction of sp³-hybridized carbons (Fsp3) is 0.412. The first-order chi connectivity index (χ1) is 10.8. The maximum absolute atomic E-state index is 12.2. The quantitative estimate of drug-likeness (QED) is 0.790. The molecule has 1 saturated carbocycles. The van der Waals surface area contributed by atoms with Crippen LogP contribution in [0.2, 0.25) is 0 Å². The lowest BCUT2D eigenvalue weighted by Crippen LogP contribution is -2.24. The van der Waals surface area contributed by atoms with Crippen LogP contribution in [-0.4, -0.2) is 22.8 Å². The number of nitrogens with zero attached hydrogens (tertiary/aromatic N) is 1. The maximum atomic E-state index is 12.2. The lowest BCUT2D eigenvalue weighted by Gasteiger charge is -2.30. The topological polar surface area (TPSA) is 61.2 Å². The Hall–Kier alpha value is -2.14. The van der Waals surface area contributed by atoms with Crippen molar-refractivity contribution in [3.05, 3.63) is 40.9 Å². The number of fused-ring (bicyclic) bond motifs is 3. The molecule has 1 aliphatic rings. The van der Waals surface area contributed by atoms with Crippen LogP contribution >= 0.6 is 0 Å². The van der Waals surface area contributed by atoms with Gasteiger partial charge in [0.2, 0.25) is 0 Å². The Morgan fingerprint density at radius 1 is 1.23 bits per heavy atom. The number of methoxy groups -OCH3 is 1. The smallest absolute Gasteiger partial charge is 0.286 e. The van der Waals surface area contributed by atoms with E-state index in [1.807, 2.05) is 24.7 Å². The Morgan fingerprint density at radius 3 is 2.82 bits per heavy atom. The van der Waals surface area contributed by atoms with E-state index in [0.29, 0.717) is 12.1 Å². The summed E-state index contributed by atoms with van der Waals surface area (Å²) in [5, 5.41) is 1.83. The van der Waals surface area contributed by atoms with Crippen molar-refractivity contribution in [1.29, 1.82) is 0 Å². The van der Waals surface area contributed by atoms with Gasteiger partial charge in [0.15, 0.2) is 5.43 Å². The molecule has 3 aromatic heterocycles. The lowest BCUT2D eigenvalue weighted by atomic mass is 9.92. The number of hydrogen-bond donors (Lipinski definition) is 1. The first kappa shape index (κ1) is 13.5. The molecule has 0 spiro atoms. The average molecular weight is 298 g/mol. The monoisotopic (exact) mass is 298 g/mol. The molecule has 0 amide bonds. The highest BCUT2D eigenvalue weighted by molar-refractivity contribution is 6.00. The summed E-state index contributed by atoms with van der Waals surface area (Å²) in [5.74, 6) is 0. The molecule has 22 heavy (non-hydrogen) atoms. The van der Waals surface area contributed by atoms with E-state index < -0.39 is 0 Å². The van der Waals surface area contributed by atoms with Gasteiger partial charge in [-0.3, -0.25) is 4.79 Å². The molecular weight excluding hydrogens is 278 g/mol. The fourth-order valence-electron chi connectivity index (χ4n) is 3.69. The van der Waals surface area contributed by atoms with Gasteiger partial charge < -0.3 is 9.30 Å². The maximum Gasteiger partial charge on any atom is 0.286 e. The Labute approximate surface area is 127 Å². The number of rotatable bonds is 2. The van der Waals surface area contributed by atoms with Crippen LogP contribution in [0.25, 0.3) is 21.9 Å². The van der Waals surface area contributed by atoms with Crippen molar-refractivity contribution in [2.24, 2.45) is 0 Å². The van der Waals surface area contributed by atoms with Crippen LogP contribution in [0.1, 0.15) is 31.7 Å². The average Bonchev–Trinajstić information content (AvgIpc) is 3.04. The van der Waals surface area contributed by atoms with Crippen LogP contribution in [0.4, 0.5) is 0 Å². The van der Waals surface area contributed by atoms with Crippen molar-refractivity contribution in [2.45, 2.75) is 37.8 Å². The number of aromatic amines is 2. The van der Waals surface area contributed by atoms with Crippen molar-refractivity contribution in [3.63, 3.8) is 0 Å². The largest absolute Gasteiger partial charge is 0.381 e. The lowest BCUT2D eigenvalue weighted by molar-refractivity contribution is -0.345. The van der Waals surface area contributed by atoms with Crippen molar-refractivity contribution in [3.8, 4) is 0 Å². The minimum Gasteiger partial charge on any atom is -0.381 e. The summed E-state index contributed by atoms with van der Waals surface area (Å²) in [6, 6.07) is 4.14. The van der Waals surface area contributed by atoms with Gasteiger partial charge in [-0.15, -0.1) is 0 Å². The highest BCUT2D eigenvalue weighted by Gasteiger charge is 2.24. The van der Waals surface area contributed by atoms with E-state index in [1.165, 1.54) is 0 Å². The van der Waals surface area contributed by atoms with E-state index in [9.17, 15) is 4.79 Å². The summed E-state index contributed by atoms with van der Waals surface area (Å²) in [7, 11) is 1.79. The molecule has 1 aliphatic carbocycles. The first-order valence-electron chi connectivity index (χ1n) is 7.83. The fourth-order valence-corrected chi connectivity index (χ4v) is 3.69. The third kappa shape index (κ3) is 2.04. The zero-order valence-electron chi connectivity index (χ0n) is 12.6. The van der Waals surface area contributed by atoms with E-state index >= 15 is 0 Å². The predicted molar refractivity (Wildman–Crippen MR) is 84.9 cm³/mol. The van der Waals surface area contributed by atoms with Gasteiger partial charge in [0, 0.05) is 25.4 Å². The summed E-state index contributed by atoms with van der Waals surface area (Å²) < 4.78 is 7.75. The molecule has 114 valence electrons. The predicted octanol–water partition coefficient (Wildman–Crippen LogP) is 2.43. The number of nitrogens with one attached hydrogen (secondary N) is 2. The summed E-state index contributed by atoms with van der Waals surface area (Å²) in [6.45, 7) is 0. The van der Waals surface area contributed by atoms with Gasteiger partial charge in [-0.25, -0.2) is 9.97 Å². The summed E-state index contributed by atoms with van der Waals surface area (Å²) in [5.41, 5.74) is 2.05. The molecule has 5 nitrogen and oxygen atoms in total. The van der Waals surface area contributed by atoms with E-state index in [-0.39, 0.29) is 5.43 Å². The van der Waals surface area contributed by atoms with Crippen molar-refractivity contribution >= 4 is 21.9 Å². The van der Waals surface area contributed by atoms with Crippen LogP contribution < -0.4 is 10.4 Å². The highest BCUT2D eigenvalue weighted by Crippen LogP contribution is 2.32. The number of H-pyrrole nitrogens is 2. The van der Waals surface area contributed by atoms with Gasteiger partial charge in [0.1, 0.15) is 6.20 Å². The molecule has 0 atom stereocenters. The minimum absolute atomic E-state index is 0.0659. The standard InChI is InChI=1S/C17H19N3O2/c1-22-12-4-2-11(3-5-12)20-9-7-15(21)14-10-19-17-13(16(14)20)6-8-18-17/h6-12H,2-5H2,1H3,(H,18,19)/p+1. The molecule has 3 heterocycles. The first-order valence-corrected chi connectivity index (χ1v) is 7.83. The molecule has 0 unspecified atom stereocenters. The van der Waals surface area contributed by atoms with Gasteiger partial charge in [-0.1, -0.05) is 0 Å². The second-order valence-corrected chi connectivity index (χ2v) is 6.07. The van der Waals surface area contributed by atoms with E-state index in [1.54, 1.807) is 13.2 Å².